The van der Waals surface area contributed by atoms with Gasteiger partial charge in [-0.3, -0.25) is 9.89 Å². The third-order valence-corrected chi connectivity index (χ3v) is 5.13. The predicted molar refractivity (Wildman–Crippen MR) is 106 cm³/mol. The predicted octanol–water partition coefficient (Wildman–Crippen LogP) is 1.45. The van der Waals surface area contributed by atoms with Crippen LogP contribution in [-0.2, 0) is 13.6 Å². The number of nitrogens with zero attached hydrogens (tertiary/aromatic N) is 5. The van der Waals surface area contributed by atoms with Crippen LogP contribution in [0.5, 0.6) is 0 Å². The fourth-order valence-electron chi connectivity index (χ4n) is 3.30. The van der Waals surface area contributed by atoms with Gasteiger partial charge in [0.25, 0.3) is 0 Å². The fourth-order valence-corrected chi connectivity index (χ4v) is 3.30. The molecule has 0 saturated carbocycles. The Labute approximate surface area is 153 Å². The molecule has 0 spiro atoms. The van der Waals surface area contributed by atoms with Crippen molar-refractivity contribution in [3.8, 4) is 0 Å². The molecule has 0 aliphatic carbocycles. The third kappa shape index (κ3) is 5.75. The number of guanidine groups is 1. The molecule has 1 aromatic rings. The lowest BCUT2D eigenvalue weighted by Crippen LogP contribution is -2.50. The highest BCUT2D eigenvalue weighted by Crippen LogP contribution is 2.08. The average Bonchev–Trinajstić information content (AvgIpc) is 3.03. The zero-order valence-corrected chi connectivity index (χ0v) is 16.7. The summed E-state index contributed by atoms with van der Waals surface area (Å²) < 4.78 is 2.16. The number of aromatic nitrogens is 1. The maximum Gasteiger partial charge on any atom is 0.194 e. The van der Waals surface area contributed by atoms with Gasteiger partial charge in [0, 0.05) is 64.8 Å². The first-order chi connectivity index (χ1) is 12.0. The Morgan fingerprint density at radius 3 is 2.56 bits per heavy atom. The monoisotopic (exact) mass is 348 g/mol. The van der Waals surface area contributed by atoms with Crippen LogP contribution in [0.2, 0.25) is 0 Å². The van der Waals surface area contributed by atoms with Crippen molar-refractivity contribution in [1.82, 2.24) is 24.6 Å². The Bertz CT molecular complexity index is 530. The van der Waals surface area contributed by atoms with Crippen LogP contribution in [0.1, 0.15) is 26.5 Å². The van der Waals surface area contributed by atoms with Crippen LogP contribution < -0.4 is 5.32 Å². The van der Waals surface area contributed by atoms with Crippen molar-refractivity contribution >= 4 is 5.96 Å². The number of likely N-dealkylation sites (N-methyl/N-ethyl adjacent to an activating group) is 1. The van der Waals surface area contributed by atoms with Crippen molar-refractivity contribution in [3.63, 3.8) is 0 Å². The Kier molecular flexibility index (Phi) is 7.78. The van der Waals surface area contributed by atoms with E-state index in [0.717, 1.165) is 45.2 Å². The van der Waals surface area contributed by atoms with Crippen molar-refractivity contribution in [2.75, 3.05) is 52.9 Å². The lowest BCUT2D eigenvalue weighted by molar-refractivity contribution is 0.109. The number of piperazine rings is 1. The van der Waals surface area contributed by atoms with Gasteiger partial charge in [-0.1, -0.05) is 6.92 Å². The van der Waals surface area contributed by atoms with Gasteiger partial charge in [-0.15, -0.1) is 0 Å². The van der Waals surface area contributed by atoms with Crippen molar-refractivity contribution in [3.05, 3.63) is 24.0 Å². The van der Waals surface area contributed by atoms with Gasteiger partial charge in [-0.2, -0.15) is 0 Å². The van der Waals surface area contributed by atoms with E-state index in [1.54, 1.807) is 0 Å². The standard InChI is InChI=1S/C19H36N6/c1-6-20-19(23(5)16-18-9-8-10-22(18)4)21-15-17(3)25-13-11-24(7-2)12-14-25/h8-10,17H,6-7,11-16H2,1-5H3,(H,20,21). The number of aryl methyl sites for hydroxylation is 1. The average molecular weight is 349 g/mol. The molecular weight excluding hydrogens is 312 g/mol. The summed E-state index contributed by atoms with van der Waals surface area (Å²) in [6, 6.07) is 4.73. The molecule has 1 atom stereocenters. The van der Waals surface area contributed by atoms with Crippen LogP contribution in [0, 0.1) is 0 Å². The van der Waals surface area contributed by atoms with Crippen molar-refractivity contribution in [1.29, 1.82) is 0 Å². The SMILES string of the molecule is CCNC(=NCC(C)N1CCN(CC)CC1)N(C)Cc1cccn1C. The molecule has 1 fully saturated rings. The molecule has 0 amide bonds. The third-order valence-electron chi connectivity index (χ3n) is 5.13. The Morgan fingerprint density at radius 1 is 1.28 bits per heavy atom. The smallest absolute Gasteiger partial charge is 0.194 e. The van der Waals surface area contributed by atoms with Gasteiger partial charge in [0.05, 0.1) is 13.1 Å². The topological polar surface area (TPSA) is 39.0 Å². The highest BCUT2D eigenvalue weighted by atomic mass is 15.3. The molecule has 142 valence electrons. The van der Waals surface area contributed by atoms with Crippen molar-refractivity contribution < 1.29 is 0 Å². The van der Waals surface area contributed by atoms with Crippen LogP contribution in [0.4, 0.5) is 0 Å². The van der Waals surface area contributed by atoms with Gasteiger partial charge in [0.2, 0.25) is 0 Å². The van der Waals surface area contributed by atoms with Crippen LogP contribution in [-0.4, -0.2) is 84.1 Å². The van der Waals surface area contributed by atoms with E-state index in [-0.39, 0.29) is 0 Å². The second-order valence-corrected chi connectivity index (χ2v) is 6.98. The van der Waals surface area contributed by atoms with E-state index in [1.165, 1.54) is 18.8 Å². The lowest BCUT2D eigenvalue weighted by Gasteiger charge is -2.37. The molecule has 1 unspecified atom stereocenters. The normalized spacial score (nSPS) is 18.4. The minimum atomic E-state index is 0.482. The maximum atomic E-state index is 4.90. The van der Waals surface area contributed by atoms with Gasteiger partial charge in [0.1, 0.15) is 0 Å². The molecule has 0 bridgehead atoms. The molecule has 2 rings (SSSR count). The van der Waals surface area contributed by atoms with Crippen molar-refractivity contribution in [2.45, 2.75) is 33.4 Å². The molecule has 1 aliphatic rings. The van der Waals surface area contributed by atoms with Crippen LogP contribution in [0.3, 0.4) is 0 Å². The summed E-state index contributed by atoms with van der Waals surface area (Å²) in [5.41, 5.74) is 1.29. The van der Waals surface area contributed by atoms with Crippen LogP contribution in [0.25, 0.3) is 0 Å². The minimum Gasteiger partial charge on any atom is -0.357 e. The van der Waals surface area contributed by atoms with E-state index in [9.17, 15) is 0 Å². The number of nitrogens with one attached hydrogen (secondary N) is 1. The zero-order chi connectivity index (χ0) is 18.2. The van der Waals surface area contributed by atoms with Gasteiger partial charge in [-0.25, -0.2) is 0 Å². The molecule has 1 aliphatic heterocycles. The lowest BCUT2D eigenvalue weighted by atomic mass is 10.2. The summed E-state index contributed by atoms with van der Waals surface area (Å²) in [4.78, 5) is 12.2. The fraction of sp³-hybridized carbons (Fsp3) is 0.737. The van der Waals surface area contributed by atoms with Gasteiger partial charge in [0.15, 0.2) is 5.96 Å². The summed E-state index contributed by atoms with van der Waals surface area (Å²) in [5.74, 6) is 0.989. The summed E-state index contributed by atoms with van der Waals surface area (Å²) >= 11 is 0. The number of hydrogen-bond acceptors (Lipinski definition) is 3. The van der Waals surface area contributed by atoms with Crippen LogP contribution >= 0.6 is 0 Å². The highest BCUT2D eigenvalue weighted by Gasteiger charge is 2.20. The maximum absolute atomic E-state index is 4.90. The number of rotatable bonds is 7. The van der Waals surface area contributed by atoms with Gasteiger partial charge >= 0.3 is 0 Å². The Balaban J connectivity index is 1.91. The Morgan fingerprint density at radius 2 is 2.00 bits per heavy atom. The molecule has 1 N–H and O–H groups in total. The van der Waals surface area contributed by atoms with E-state index >= 15 is 0 Å². The summed E-state index contributed by atoms with van der Waals surface area (Å²) in [7, 11) is 4.20. The quantitative estimate of drug-likeness (QED) is 0.598. The first-order valence-corrected chi connectivity index (χ1v) is 9.61. The summed E-state index contributed by atoms with van der Waals surface area (Å²) in [6.45, 7) is 15.1. The number of hydrogen-bond donors (Lipinski definition) is 1. The van der Waals surface area contributed by atoms with E-state index in [4.69, 9.17) is 4.99 Å². The molecular formula is C19H36N6. The number of aliphatic imine (C=N–C) groups is 1. The molecule has 0 radical (unpaired) electrons. The summed E-state index contributed by atoms with van der Waals surface area (Å²) in [5, 5.41) is 3.43. The first-order valence-electron chi connectivity index (χ1n) is 9.61. The molecule has 1 aromatic heterocycles. The van der Waals surface area contributed by atoms with Crippen LogP contribution in [0.15, 0.2) is 23.3 Å². The highest BCUT2D eigenvalue weighted by molar-refractivity contribution is 5.79. The van der Waals surface area contributed by atoms with E-state index in [2.05, 4.69) is 77.8 Å². The van der Waals surface area contributed by atoms with E-state index < -0.39 is 0 Å². The molecule has 1 saturated heterocycles. The Hall–Kier alpha value is -1.53. The van der Waals surface area contributed by atoms with E-state index in [1.807, 2.05) is 0 Å². The van der Waals surface area contributed by atoms with E-state index in [0.29, 0.717) is 6.04 Å². The first kappa shape index (κ1) is 19.8. The molecule has 25 heavy (non-hydrogen) atoms. The molecule has 6 nitrogen and oxygen atoms in total. The van der Waals surface area contributed by atoms with Gasteiger partial charge < -0.3 is 19.7 Å². The zero-order valence-electron chi connectivity index (χ0n) is 16.7. The molecule has 2 heterocycles. The van der Waals surface area contributed by atoms with Crippen molar-refractivity contribution in [2.24, 2.45) is 12.0 Å². The summed E-state index contributed by atoms with van der Waals surface area (Å²) in [6.07, 6.45) is 2.09. The largest absolute Gasteiger partial charge is 0.357 e. The second kappa shape index (κ2) is 9.82. The van der Waals surface area contributed by atoms with Gasteiger partial charge in [-0.05, 0) is 32.5 Å². The molecule has 0 aromatic carbocycles. The minimum absolute atomic E-state index is 0.482. The molecule has 6 heteroatoms. The second-order valence-electron chi connectivity index (χ2n) is 6.98.